The largest absolute Gasteiger partial charge is 0.0625 e. The Balaban J connectivity index is 1.52. The van der Waals surface area contributed by atoms with E-state index in [-0.39, 0.29) is 0 Å². The van der Waals surface area contributed by atoms with E-state index >= 15 is 0 Å². The summed E-state index contributed by atoms with van der Waals surface area (Å²) < 4.78 is 0. The van der Waals surface area contributed by atoms with E-state index in [4.69, 9.17) is 0 Å². The molecule has 1 heterocycles. The Morgan fingerprint density at radius 1 is 0.500 bits per heavy atom. The molecule has 1 aliphatic heterocycles. The van der Waals surface area contributed by atoms with E-state index in [0.717, 1.165) is 59.2 Å². The zero-order valence-corrected chi connectivity index (χ0v) is 20.8. The fraction of sp³-hybridized carbons (Fsp3) is 1.00. The Morgan fingerprint density at radius 3 is 1.25 bits per heavy atom. The predicted octanol–water partition coefficient (Wildman–Crippen LogP) is 8.26. The zero-order valence-electron chi connectivity index (χ0n) is 19.8. The van der Waals surface area contributed by atoms with Crippen molar-refractivity contribution in [2.45, 2.75) is 110 Å². The lowest BCUT2D eigenvalue weighted by Crippen LogP contribution is -2.57. The van der Waals surface area contributed by atoms with E-state index in [9.17, 15) is 0 Å². The Bertz CT molecular complexity index is 533. The van der Waals surface area contributed by atoms with Gasteiger partial charge in [-0.3, -0.25) is 0 Å². The lowest BCUT2D eigenvalue weighted by Gasteiger charge is -2.58. The monoisotopic (exact) mass is 400 g/mol. The molecule has 160 valence electrons. The second-order valence-electron chi connectivity index (χ2n) is 13.1. The van der Waals surface area contributed by atoms with E-state index in [1.807, 2.05) is 0 Å². The van der Waals surface area contributed by atoms with Gasteiger partial charge < -0.3 is 0 Å². The van der Waals surface area contributed by atoms with Crippen molar-refractivity contribution in [2.24, 2.45) is 59.2 Å². The Kier molecular flexibility index (Phi) is 5.13. The molecule has 0 radical (unpaired) electrons. The van der Waals surface area contributed by atoms with Crippen LogP contribution in [0.4, 0.5) is 0 Å². The first-order chi connectivity index (χ1) is 13.3. The van der Waals surface area contributed by atoms with Gasteiger partial charge in [-0.25, -0.2) is 0 Å². The Hall–Kier alpha value is 0.217. The summed E-state index contributed by atoms with van der Waals surface area (Å²) in [7, 11) is -1.16. The van der Waals surface area contributed by atoms with Crippen molar-refractivity contribution in [2.75, 3.05) is 0 Å². The summed E-state index contributed by atoms with van der Waals surface area (Å²) in [6.45, 7) is 16.0. The molecular formula is C27H48Si. The zero-order chi connectivity index (χ0) is 19.8. The van der Waals surface area contributed by atoms with Gasteiger partial charge in [0.25, 0.3) is 0 Å². The maximum atomic E-state index is 2.72. The quantitative estimate of drug-likeness (QED) is 0.409. The van der Waals surface area contributed by atoms with Gasteiger partial charge in [-0.15, -0.1) is 0 Å². The molecule has 0 bridgehead atoms. The van der Waals surface area contributed by atoms with Gasteiger partial charge in [0.15, 0.2) is 0 Å². The first kappa shape index (κ1) is 20.1. The normalized spacial score (nSPS) is 58.1. The average molecular weight is 401 g/mol. The second-order valence-corrected chi connectivity index (χ2v) is 17.9. The number of hydrogen-bond donors (Lipinski definition) is 0. The van der Waals surface area contributed by atoms with Gasteiger partial charge in [0, 0.05) is 0 Å². The molecule has 0 aromatic carbocycles. The molecule has 5 rings (SSSR count). The number of hydrogen-bond acceptors (Lipinski definition) is 0. The fourth-order valence-corrected chi connectivity index (χ4v) is 18.9. The molecule has 5 aliphatic rings. The van der Waals surface area contributed by atoms with E-state index in [0.29, 0.717) is 0 Å². The predicted molar refractivity (Wildman–Crippen MR) is 124 cm³/mol. The van der Waals surface area contributed by atoms with Crippen LogP contribution in [0.3, 0.4) is 0 Å². The molecule has 1 heteroatoms. The molecule has 0 N–H and O–H groups in total. The van der Waals surface area contributed by atoms with Gasteiger partial charge in [0.1, 0.15) is 0 Å². The van der Waals surface area contributed by atoms with Crippen molar-refractivity contribution in [1.29, 1.82) is 0 Å². The van der Waals surface area contributed by atoms with Gasteiger partial charge in [-0.2, -0.15) is 0 Å². The lowest BCUT2D eigenvalue weighted by atomic mass is 9.69. The molecule has 12 unspecified atom stereocenters. The van der Waals surface area contributed by atoms with E-state index in [1.54, 1.807) is 31.4 Å². The highest BCUT2D eigenvalue weighted by Gasteiger charge is 2.65. The van der Waals surface area contributed by atoms with Crippen molar-refractivity contribution < 1.29 is 0 Å². The third-order valence-electron chi connectivity index (χ3n) is 11.9. The van der Waals surface area contributed by atoms with Crippen LogP contribution in [0.5, 0.6) is 0 Å². The lowest BCUT2D eigenvalue weighted by molar-refractivity contribution is 0.126. The topological polar surface area (TPSA) is 0 Å². The SMILES string of the molecule is CC1CCC(C)C2C1CC(C)C2[Si]1(C2C(C)CC3C(C)CCC(C)C32)CCC1. The minimum Gasteiger partial charge on any atom is -0.0625 e. The van der Waals surface area contributed by atoms with E-state index < -0.39 is 8.07 Å². The van der Waals surface area contributed by atoms with Crippen LogP contribution in [0.2, 0.25) is 23.2 Å². The van der Waals surface area contributed by atoms with Crippen LogP contribution < -0.4 is 0 Å². The van der Waals surface area contributed by atoms with Crippen molar-refractivity contribution in [3.63, 3.8) is 0 Å². The maximum absolute atomic E-state index is 2.72. The Morgan fingerprint density at radius 2 is 0.893 bits per heavy atom. The van der Waals surface area contributed by atoms with Gasteiger partial charge >= 0.3 is 0 Å². The molecule has 0 amide bonds. The highest BCUT2D eigenvalue weighted by atomic mass is 28.3. The summed E-state index contributed by atoms with van der Waals surface area (Å²) in [6, 6.07) is 3.46. The molecule has 0 spiro atoms. The van der Waals surface area contributed by atoms with Crippen LogP contribution in [0, 0.1) is 59.2 Å². The molecule has 12 atom stereocenters. The molecule has 28 heavy (non-hydrogen) atoms. The molecule has 0 nitrogen and oxygen atoms in total. The van der Waals surface area contributed by atoms with Crippen molar-refractivity contribution >= 4 is 8.07 Å². The van der Waals surface area contributed by atoms with Crippen LogP contribution in [0.1, 0.15) is 86.5 Å². The van der Waals surface area contributed by atoms with Crippen LogP contribution in [-0.2, 0) is 0 Å². The molecule has 4 saturated carbocycles. The fourth-order valence-electron chi connectivity index (χ4n) is 10.8. The van der Waals surface area contributed by atoms with Crippen molar-refractivity contribution in [3.05, 3.63) is 0 Å². The summed E-state index contributed by atoms with van der Waals surface area (Å²) in [6.07, 6.45) is 10.9. The van der Waals surface area contributed by atoms with Crippen molar-refractivity contribution in [1.82, 2.24) is 0 Å². The summed E-state index contributed by atoms with van der Waals surface area (Å²) in [5, 5.41) is 0. The molecule has 0 aromatic heterocycles. The smallest absolute Gasteiger partial charge is 0.0609 e. The molecular weight excluding hydrogens is 352 g/mol. The maximum Gasteiger partial charge on any atom is 0.0609 e. The second kappa shape index (κ2) is 7.13. The van der Waals surface area contributed by atoms with Crippen LogP contribution in [0.25, 0.3) is 0 Å². The van der Waals surface area contributed by atoms with Gasteiger partial charge in [-0.05, 0) is 83.1 Å². The summed E-state index contributed by atoms with van der Waals surface area (Å²) >= 11 is 0. The number of rotatable bonds is 2. The van der Waals surface area contributed by atoms with Crippen LogP contribution in [0.15, 0.2) is 0 Å². The highest BCUT2D eigenvalue weighted by Crippen LogP contribution is 2.71. The average Bonchev–Trinajstić information content (AvgIpc) is 3.15. The Labute approximate surface area is 177 Å². The minimum atomic E-state index is -1.16. The first-order valence-corrected chi connectivity index (χ1v) is 15.9. The van der Waals surface area contributed by atoms with Crippen LogP contribution in [-0.4, -0.2) is 8.07 Å². The molecule has 1 saturated heterocycles. The third-order valence-corrected chi connectivity index (χ3v) is 19.0. The van der Waals surface area contributed by atoms with Gasteiger partial charge in [-0.1, -0.05) is 85.7 Å². The highest BCUT2D eigenvalue weighted by molar-refractivity contribution is 6.85. The molecule has 0 aromatic rings. The summed E-state index contributed by atoms with van der Waals surface area (Å²) in [5.41, 5.74) is 2.39. The standard InChI is InChI=1S/C27H48Si/c1-16-8-10-18(3)24-22(16)14-20(5)26(24)28(12-7-13-28)27-21(6)15-23-17(2)9-11-19(4)25(23)27/h16-27H,7-15H2,1-6H3. The molecule has 4 aliphatic carbocycles. The van der Waals surface area contributed by atoms with Gasteiger partial charge in [0.2, 0.25) is 0 Å². The summed E-state index contributed by atoms with van der Waals surface area (Å²) in [5.74, 6) is 10.6. The van der Waals surface area contributed by atoms with Crippen LogP contribution >= 0.6 is 0 Å². The summed E-state index contributed by atoms with van der Waals surface area (Å²) in [4.78, 5) is 0. The van der Waals surface area contributed by atoms with E-state index in [1.165, 1.54) is 36.8 Å². The van der Waals surface area contributed by atoms with E-state index in [2.05, 4.69) is 41.5 Å². The number of fused-ring (bicyclic) bond motifs is 2. The first-order valence-electron chi connectivity index (χ1n) is 13.3. The minimum absolute atomic E-state index is 1.02. The third kappa shape index (κ3) is 2.72. The van der Waals surface area contributed by atoms with Crippen molar-refractivity contribution in [3.8, 4) is 0 Å². The van der Waals surface area contributed by atoms with Gasteiger partial charge in [0.05, 0.1) is 8.07 Å². The molecule has 5 fully saturated rings.